The van der Waals surface area contributed by atoms with Gasteiger partial charge >= 0.3 is 0 Å². The summed E-state index contributed by atoms with van der Waals surface area (Å²) in [6.45, 7) is 4.53. The Labute approximate surface area is 175 Å². The van der Waals surface area contributed by atoms with Gasteiger partial charge in [0.15, 0.2) is 0 Å². The molecule has 0 amide bonds. The predicted octanol–water partition coefficient (Wildman–Crippen LogP) is 6.52. The maximum Gasteiger partial charge on any atom is 0.134 e. The smallest absolute Gasteiger partial charge is 0.134 e. The van der Waals surface area contributed by atoms with Crippen LogP contribution >= 0.6 is 23.5 Å². The number of ether oxygens (including phenoxy) is 1. The number of hydrogen-bond donors (Lipinski definition) is 0. The van der Waals surface area contributed by atoms with Crippen molar-refractivity contribution < 1.29 is 9.15 Å². The van der Waals surface area contributed by atoms with Gasteiger partial charge in [0.05, 0.1) is 11.2 Å². The Morgan fingerprint density at radius 2 is 1.93 bits per heavy atom. The molecule has 0 bridgehead atoms. The molecule has 2 aromatic carbocycles. The Kier molecular flexibility index (Phi) is 6.71. The fourth-order valence-electron chi connectivity index (χ4n) is 3.57. The molecule has 1 fully saturated rings. The van der Waals surface area contributed by atoms with Gasteiger partial charge in [-0.05, 0) is 54.2 Å². The van der Waals surface area contributed by atoms with Gasteiger partial charge in [0.25, 0.3) is 0 Å². The van der Waals surface area contributed by atoms with E-state index in [2.05, 4.69) is 48.3 Å². The summed E-state index contributed by atoms with van der Waals surface area (Å²) in [7, 11) is 0. The number of furan rings is 1. The van der Waals surface area contributed by atoms with Crippen LogP contribution in [0.2, 0.25) is 0 Å². The van der Waals surface area contributed by atoms with Crippen LogP contribution in [0.15, 0.2) is 65.6 Å². The summed E-state index contributed by atoms with van der Waals surface area (Å²) in [5.74, 6) is 4.57. The Bertz CT molecular complexity index is 911. The van der Waals surface area contributed by atoms with Gasteiger partial charge in [-0.1, -0.05) is 30.3 Å². The van der Waals surface area contributed by atoms with E-state index in [-0.39, 0.29) is 0 Å². The highest BCUT2D eigenvalue weighted by atomic mass is 32.2. The lowest BCUT2D eigenvalue weighted by atomic mass is 10.0. The van der Waals surface area contributed by atoms with Crippen LogP contribution in [0, 0.1) is 0 Å². The third-order valence-corrected chi connectivity index (χ3v) is 7.87. The van der Waals surface area contributed by atoms with Gasteiger partial charge in [-0.3, -0.25) is 0 Å². The second-order valence-corrected chi connectivity index (χ2v) is 9.89. The van der Waals surface area contributed by atoms with E-state index in [1.165, 1.54) is 34.4 Å². The highest BCUT2D eigenvalue weighted by Crippen LogP contribution is 2.36. The van der Waals surface area contributed by atoms with E-state index in [0.29, 0.717) is 11.2 Å². The van der Waals surface area contributed by atoms with Gasteiger partial charge < -0.3 is 9.15 Å². The summed E-state index contributed by atoms with van der Waals surface area (Å²) in [5, 5.41) is 1.23. The van der Waals surface area contributed by atoms with Gasteiger partial charge in [-0.2, -0.15) is 0 Å². The molecule has 0 radical (unpaired) electrons. The van der Waals surface area contributed by atoms with E-state index >= 15 is 0 Å². The minimum absolute atomic E-state index is 0.593. The van der Waals surface area contributed by atoms with Crippen molar-refractivity contribution in [2.75, 3.05) is 18.1 Å². The molecular formula is C24H26O2S2. The lowest BCUT2D eigenvalue weighted by Crippen LogP contribution is -2.11. The molecule has 146 valence electrons. The molecule has 0 saturated carbocycles. The maximum atomic E-state index is 6.33. The van der Waals surface area contributed by atoms with Gasteiger partial charge in [0.1, 0.15) is 17.1 Å². The summed E-state index contributed by atoms with van der Waals surface area (Å²) >= 11 is 4.13. The molecule has 0 unspecified atom stereocenters. The summed E-state index contributed by atoms with van der Waals surface area (Å²) in [5.41, 5.74) is 3.58. The Hall–Kier alpha value is -1.78. The quantitative estimate of drug-likeness (QED) is 0.394. The molecule has 0 spiro atoms. The fourth-order valence-corrected chi connectivity index (χ4v) is 6.40. The molecule has 1 aromatic heterocycles. The van der Waals surface area contributed by atoms with Crippen molar-refractivity contribution >= 4 is 34.5 Å². The second-order valence-electron chi connectivity index (χ2n) is 6.97. The van der Waals surface area contributed by atoms with Gasteiger partial charge in [0.2, 0.25) is 0 Å². The lowest BCUT2D eigenvalue weighted by molar-refractivity contribution is 0.321. The van der Waals surface area contributed by atoms with Crippen LogP contribution in [0.3, 0.4) is 0 Å². The standard InChI is InChI=1S/C24H26O2S2/c1-2-7-18-10-11-22-21(16-18)20(12-13-25-19-8-4-3-5-9-19)23(26-22)17-24-27-14-6-15-28-24/h2-5,8-11,16,24H,1,6-7,12-15,17H2. The first-order valence-corrected chi connectivity index (χ1v) is 12.0. The topological polar surface area (TPSA) is 22.4 Å². The molecule has 0 aliphatic carbocycles. The van der Waals surface area contributed by atoms with Crippen LogP contribution in [0.4, 0.5) is 0 Å². The van der Waals surface area contributed by atoms with Crippen LogP contribution in [0.25, 0.3) is 11.0 Å². The first-order valence-electron chi connectivity index (χ1n) is 9.88. The molecule has 2 heterocycles. The van der Waals surface area contributed by atoms with Crippen molar-refractivity contribution in [2.45, 2.75) is 30.3 Å². The lowest BCUT2D eigenvalue weighted by Gasteiger charge is -2.20. The molecule has 4 heteroatoms. The zero-order valence-corrected chi connectivity index (χ0v) is 17.7. The van der Waals surface area contributed by atoms with Crippen molar-refractivity contribution in [1.82, 2.24) is 0 Å². The molecule has 1 aliphatic rings. The van der Waals surface area contributed by atoms with Crippen LogP contribution < -0.4 is 4.74 Å². The van der Waals surface area contributed by atoms with Gasteiger partial charge in [0, 0.05) is 23.8 Å². The zero-order chi connectivity index (χ0) is 19.2. The number of para-hydroxylation sites is 1. The number of fused-ring (bicyclic) bond motifs is 1. The number of hydrogen-bond acceptors (Lipinski definition) is 4. The monoisotopic (exact) mass is 410 g/mol. The summed E-state index contributed by atoms with van der Waals surface area (Å²) in [6, 6.07) is 16.6. The van der Waals surface area contributed by atoms with Gasteiger partial charge in [-0.15, -0.1) is 30.1 Å². The fraction of sp³-hybridized carbons (Fsp3) is 0.333. The van der Waals surface area contributed by atoms with Crippen LogP contribution in [0.1, 0.15) is 23.3 Å². The molecule has 0 N–H and O–H groups in total. The largest absolute Gasteiger partial charge is 0.493 e. The minimum atomic E-state index is 0.593. The predicted molar refractivity (Wildman–Crippen MR) is 123 cm³/mol. The molecule has 1 saturated heterocycles. The molecule has 2 nitrogen and oxygen atoms in total. The maximum absolute atomic E-state index is 6.33. The number of allylic oxidation sites excluding steroid dienone is 1. The van der Waals surface area contributed by atoms with Crippen molar-refractivity contribution in [3.05, 3.63) is 78.1 Å². The van der Waals surface area contributed by atoms with Crippen LogP contribution in [0.5, 0.6) is 5.75 Å². The highest BCUT2D eigenvalue weighted by Gasteiger charge is 2.21. The van der Waals surface area contributed by atoms with Crippen LogP contribution in [-0.2, 0) is 19.3 Å². The average Bonchev–Trinajstić information content (AvgIpc) is 3.06. The SMILES string of the molecule is C=CCc1ccc2oc(CC3SCCCS3)c(CCOc3ccccc3)c2c1. The molecular weight excluding hydrogens is 384 g/mol. The highest BCUT2D eigenvalue weighted by molar-refractivity contribution is 8.17. The normalized spacial score (nSPS) is 15.0. The number of rotatable bonds is 8. The first-order chi connectivity index (χ1) is 13.8. The van der Waals surface area contributed by atoms with E-state index in [4.69, 9.17) is 9.15 Å². The summed E-state index contributed by atoms with van der Waals surface area (Å²) in [6.07, 6.45) is 5.99. The van der Waals surface area contributed by atoms with Gasteiger partial charge in [-0.25, -0.2) is 0 Å². The Balaban J connectivity index is 1.58. The van der Waals surface area contributed by atoms with Crippen molar-refractivity contribution in [2.24, 2.45) is 0 Å². The van der Waals surface area contributed by atoms with Crippen molar-refractivity contribution in [3.8, 4) is 5.75 Å². The van der Waals surface area contributed by atoms with E-state index in [1.807, 2.05) is 36.4 Å². The van der Waals surface area contributed by atoms with E-state index in [0.717, 1.165) is 36.4 Å². The zero-order valence-electron chi connectivity index (χ0n) is 16.1. The van der Waals surface area contributed by atoms with E-state index in [1.54, 1.807) is 0 Å². The second kappa shape index (κ2) is 9.62. The summed E-state index contributed by atoms with van der Waals surface area (Å²) < 4.78 is 12.9. The van der Waals surface area contributed by atoms with E-state index < -0.39 is 0 Å². The number of benzene rings is 2. The molecule has 28 heavy (non-hydrogen) atoms. The molecule has 1 aliphatic heterocycles. The first kappa shape index (κ1) is 19.5. The minimum Gasteiger partial charge on any atom is -0.493 e. The van der Waals surface area contributed by atoms with E-state index in [9.17, 15) is 0 Å². The third-order valence-electron chi connectivity index (χ3n) is 4.93. The Morgan fingerprint density at radius 1 is 1.11 bits per heavy atom. The molecule has 4 rings (SSSR count). The van der Waals surface area contributed by atoms with Crippen LogP contribution in [-0.4, -0.2) is 22.7 Å². The summed E-state index contributed by atoms with van der Waals surface area (Å²) in [4.78, 5) is 0. The van der Waals surface area contributed by atoms with Crippen molar-refractivity contribution in [1.29, 1.82) is 0 Å². The molecule has 3 aromatic rings. The number of thioether (sulfide) groups is 2. The Morgan fingerprint density at radius 3 is 2.71 bits per heavy atom. The average molecular weight is 411 g/mol. The third kappa shape index (κ3) is 4.79. The molecule has 0 atom stereocenters. The van der Waals surface area contributed by atoms with Crippen molar-refractivity contribution in [3.63, 3.8) is 0 Å².